The molecule has 0 bridgehead atoms. The molecule has 0 spiro atoms. The number of hydrogen-bond donors (Lipinski definition) is 1. The lowest BCUT2D eigenvalue weighted by Crippen LogP contribution is -2.27. The van der Waals surface area contributed by atoms with Gasteiger partial charge >= 0.3 is 17.9 Å². The second-order valence-electron chi connectivity index (χ2n) is 15.1. The van der Waals surface area contributed by atoms with E-state index < -0.39 is 11.2 Å². The van der Waals surface area contributed by atoms with Crippen LogP contribution < -0.4 is 10.6 Å². The van der Waals surface area contributed by atoms with Gasteiger partial charge in [0.25, 0.3) is 5.91 Å². The predicted molar refractivity (Wildman–Crippen MR) is 233 cm³/mol. The minimum Gasteiger partial charge on any atom is -0.462 e. The number of esters is 3. The average molecular weight is 960 g/mol. The van der Waals surface area contributed by atoms with Crippen molar-refractivity contribution in [1.82, 2.24) is 0 Å². The van der Waals surface area contributed by atoms with Crippen molar-refractivity contribution in [1.29, 1.82) is 0 Å². The zero-order chi connectivity index (χ0) is 42.0. The van der Waals surface area contributed by atoms with E-state index in [0.717, 1.165) is 42.5 Å². The molecule has 5 rings (SSSR count). The number of anilines is 2. The quantitative estimate of drug-likeness (QED) is 0.0801. The van der Waals surface area contributed by atoms with Gasteiger partial charge in [-0.15, -0.1) is 0 Å². The molecule has 300 valence electrons. The van der Waals surface area contributed by atoms with Gasteiger partial charge in [0.05, 0.1) is 30.6 Å². The summed E-state index contributed by atoms with van der Waals surface area (Å²) in [6.07, 6.45) is 0. The molecule has 4 aromatic carbocycles. The SMILES string of the molecule is CC(C(=O)OC(C)(C)C)c1ccc(N)cc1.CC(C(=O)OC(C)(C)C)c1ccc(N2Cc3ccc(Br)cc3C2=O)cc1.CCOC(=O)c1cc(Br)ccc1CBr. The maximum Gasteiger partial charge on any atom is 0.338 e. The number of nitrogens with two attached hydrogens (primary N) is 1. The van der Waals surface area contributed by atoms with E-state index in [0.29, 0.717) is 29.7 Å². The highest BCUT2D eigenvalue weighted by Crippen LogP contribution is 2.31. The summed E-state index contributed by atoms with van der Waals surface area (Å²) in [5.74, 6) is -1.36. The minimum atomic E-state index is -0.507. The van der Waals surface area contributed by atoms with E-state index in [1.54, 1.807) is 30.0 Å². The smallest absolute Gasteiger partial charge is 0.338 e. The Bertz CT molecular complexity index is 1990. The van der Waals surface area contributed by atoms with E-state index in [4.69, 9.17) is 19.9 Å². The largest absolute Gasteiger partial charge is 0.462 e. The predicted octanol–water partition coefficient (Wildman–Crippen LogP) is 11.3. The minimum absolute atomic E-state index is 0.00533. The summed E-state index contributed by atoms with van der Waals surface area (Å²) in [6, 6.07) is 26.2. The Morgan fingerprint density at radius 2 is 1.23 bits per heavy atom. The van der Waals surface area contributed by atoms with Crippen LogP contribution in [0.4, 0.5) is 11.4 Å². The van der Waals surface area contributed by atoms with Gasteiger partial charge in [0.15, 0.2) is 0 Å². The van der Waals surface area contributed by atoms with Crippen molar-refractivity contribution in [2.45, 2.75) is 97.2 Å². The van der Waals surface area contributed by atoms with Crippen molar-refractivity contribution in [3.8, 4) is 0 Å². The second kappa shape index (κ2) is 20.4. The summed E-state index contributed by atoms with van der Waals surface area (Å²) in [4.78, 5) is 50.0. The Kier molecular flexibility index (Phi) is 16.9. The number of fused-ring (bicyclic) bond motifs is 1. The molecule has 0 saturated heterocycles. The molecule has 4 aromatic rings. The first-order valence-corrected chi connectivity index (χ1v) is 20.9. The molecular formula is C44H51Br3N2O7. The van der Waals surface area contributed by atoms with E-state index in [-0.39, 0.29) is 35.7 Å². The number of benzene rings is 4. The molecule has 2 atom stereocenters. The standard InChI is InChI=1S/C21H22BrNO3.C13H19NO2.C10H10Br2O2/c1-13(20(25)26-21(2,3)4)14-6-9-17(10-7-14)23-12-15-5-8-16(22)11-18(15)19(23)24;1-9(12(15)16-13(2,3)4)10-5-7-11(14)8-6-10;1-2-14-10(13)9-5-8(12)4-3-7(9)6-11/h5-11,13H,12H2,1-4H3;5-9H,14H2,1-4H3;3-5H,2,6H2,1H3. The number of amides is 1. The van der Waals surface area contributed by atoms with Gasteiger partial charge in [-0.1, -0.05) is 84.2 Å². The second-order valence-corrected chi connectivity index (χ2v) is 17.5. The lowest BCUT2D eigenvalue weighted by atomic mass is 10.0. The number of nitrogen functional groups attached to an aromatic ring is 1. The topological polar surface area (TPSA) is 125 Å². The van der Waals surface area contributed by atoms with Gasteiger partial charge in [-0.3, -0.25) is 14.4 Å². The molecule has 1 amide bonds. The molecule has 1 aliphatic rings. The number of halogens is 3. The number of hydrogen-bond acceptors (Lipinski definition) is 8. The van der Waals surface area contributed by atoms with Crippen LogP contribution >= 0.6 is 47.8 Å². The van der Waals surface area contributed by atoms with Crippen molar-refractivity contribution in [2.75, 3.05) is 17.2 Å². The number of carbonyl (C=O) groups is 4. The highest BCUT2D eigenvalue weighted by atomic mass is 79.9. The van der Waals surface area contributed by atoms with Crippen LogP contribution in [0, 0.1) is 0 Å². The van der Waals surface area contributed by atoms with Crippen molar-refractivity contribution >= 4 is 83.0 Å². The van der Waals surface area contributed by atoms with Crippen LogP contribution in [-0.4, -0.2) is 41.6 Å². The van der Waals surface area contributed by atoms with Gasteiger partial charge in [0, 0.05) is 31.2 Å². The molecule has 2 N–H and O–H groups in total. The van der Waals surface area contributed by atoms with Gasteiger partial charge in [0.1, 0.15) is 11.2 Å². The molecule has 0 aliphatic carbocycles. The van der Waals surface area contributed by atoms with E-state index in [9.17, 15) is 19.2 Å². The van der Waals surface area contributed by atoms with Crippen LogP contribution in [-0.2, 0) is 35.7 Å². The lowest BCUT2D eigenvalue weighted by Gasteiger charge is -2.23. The third-order valence-electron chi connectivity index (χ3n) is 8.25. The van der Waals surface area contributed by atoms with Crippen LogP contribution in [0.5, 0.6) is 0 Å². The van der Waals surface area contributed by atoms with E-state index in [1.807, 2.05) is 122 Å². The molecule has 12 heteroatoms. The summed E-state index contributed by atoms with van der Waals surface area (Å²) in [5.41, 5.74) is 11.2. The number of alkyl halides is 1. The first-order valence-electron chi connectivity index (χ1n) is 18.2. The third-order valence-corrected chi connectivity index (χ3v) is 9.84. The molecule has 2 unspecified atom stereocenters. The van der Waals surface area contributed by atoms with Crippen LogP contribution in [0.15, 0.2) is 93.9 Å². The summed E-state index contributed by atoms with van der Waals surface area (Å²) in [6.45, 7) is 17.6. The molecule has 0 saturated carbocycles. The third kappa shape index (κ3) is 13.9. The fourth-order valence-electron chi connectivity index (χ4n) is 5.33. The van der Waals surface area contributed by atoms with Crippen molar-refractivity contribution in [2.24, 2.45) is 0 Å². The van der Waals surface area contributed by atoms with Crippen LogP contribution in [0.3, 0.4) is 0 Å². The fraction of sp³-hybridized carbons (Fsp3) is 0.364. The van der Waals surface area contributed by atoms with Crippen molar-refractivity contribution in [3.63, 3.8) is 0 Å². The van der Waals surface area contributed by atoms with Gasteiger partial charge in [-0.05, 0) is 133 Å². The monoisotopic (exact) mass is 956 g/mol. The Morgan fingerprint density at radius 1 is 0.750 bits per heavy atom. The first-order chi connectivity index (χ1) is 26.1. The Balaban J connectivity index is 0.000000242. The maximum atomic E-state index is 12.7. The van der Waals surface area contributed by atoms with Crippen molar-refractivity contribution in [3.05, 3.63) is 127 Å². The zero-order valence-electron chi connectivity index (χ0n) is 33.4. The fourth-order valence-corrected chi connectivity index (χ4v) is 6.54. The van der Waals surface area contributed by atoms with Crippen LogP contribution in [0.25, 0.3) is 0 Å². The van der Waals surface area contributed by atoms with Gasteiger partial charge in [-0.2, -0.15) is 0 Å². The molecule has 0 aromatic heterocycles. The Morgan fingerprint density at radius 3 is 1.71 bits per heavy atom. The maximum absolute atomic E-state index is 12.7. The zero-order valence-corrected chi connectivity index (χ0v) is 38.1. The number of nitrogens with zero attached hydrogens (tertiary/aromatic N) is 1. The van der Waals surface area contributed by atoms with E-state index in [1.165, 1.54) is 0 Å². The number of ether oxygens (including phenoxy) is 3. The molecule has 0 fully saturated rings. The molecule has 0 radical (unpaired) electrons. The Hall–Kier alpha value is -4.00. The van der Waals surface area contributed by atoms with Crippen LogP contribution in [0.1, 0.15) is 117 Å². The lowest BCUT2D eigenvalue weighted by molar-refractivity contribution is -0.157. The average Bonchev–Trinajstić information content (AvgIpc) is 3.45. The molecule has 1 aliphatic heterocycles. The normalized spacial score (nSPS) is 13.2. The molecular weight excluding hydrogens is 908 g/mol. The highest BCUT2D eigenvalue weighted by Gasteiger charge is 2.29. The van der Waals surface area contributed by atoms with Gasteiger partial charge in [-0.25, -0.2) is 4.79 Å². The summed E-state index contributed by atoms with van der Waals surface area (Å²) >= 11 is 10.1. The van der Waals surface area contributed by atoms with Crippen LogP contribution in [0.2, 0.25) is 0 Å². The molecule has 1 heterocycles. The van der Waals surface area contributed by atoms with E-state index >= 15 is 0 Å². The number of rotatable bonds is 8. The van der Waals surface area contributed by atoms with E-state index in [2.05, 4.69) is 47.8 Å². The summed E-state index contributed by atoms with van der Waals surface area (Å²) in [5, 5.41) is 0.647. The molecule has 56 heavy (non-hydrogen) atoms. The summed E-state index contributed by atoms with van der Waals surface area (Å²) in [7, 11) is 0. The summed E-state index contributed by atoms with van der Waals surface area (Å²) < 4.78 is 17.5. The Labute approximate surface area is 356 Å². The van der Waals surface area contributed by atoms with Gasteiger partial charge in [0.2, 0.25) is 0 Å². The first kappa shape index (κ1) is 46.4. The highest BCUT2D eigenvalue weighted by molar-refractivity contribution is 9.10. The molecule has 9 nitrogen and oxygen atoms in total. The van der Waals surface area contributed by atoms with Gasteiger partial charge < -0.3 is 24.8 Å². The number of carbonyl (C=O) groups excluding carboxylic acids is 4. The van der Waals surface area contributed by atoms with Crippen molar-refractivity contribution < 1.29 is 33.4 Å².